The molecule has 0 spiro atoms. The highest BCUT2D eigenvalue weighted by atomic mass is 16.2. The number of aromatic amines is 1. The average molecular weight is 290 g/mol. The first-order valence-electron chi connectivity index (χ1n) is 8.36. The van der Waals surface area contributed by atoms with E-state index in [0.29, 0.717) is 23.3 Å². The fourth-order valence-electron chi connectivity index (χ4n) is 4.01. The molecule has 3 N–H and O–H groups in total. The number of nitrogens with zero attached hydrogens (tertiary/aromatic N) is 2. The topological polar surface area (TPSA) is 75.0 Å². The van der Waals surface area contributed by atoms with Crippen LogP contribution in [0.4, 0.5) is 5.69 Å². The fourth-order valence-corrected chi connectivity index (χ4v) is 4.01. The highest BCUT2D eigenvalue weighted by molar-refractivity contribution is 5.98. The molecule has 5 nitrogen and oxygen atoms in total. The van der Waals surface area contributed by atoms with Gasteiger partial charge in [-0.3, -0.25) is 9.89 Å². The first kappa shape index (κ1) is 14.4. The second-order valence-electron chi connectivity index (χ2n) is 6.42. The Morgan fingerprint density at radius 1 is 1.29 bits per heavy atom. The lowest BCUT2D eigenvalue weighted by Gasteiger charge is -2.33. The predicted octanol–water partition coefficient (Wildman–Crippen LogP) is 2.74. The summed E-state index contributed by atoms with van der Waals surface area (Å²) in [4.78, 5) is 14.9. The molecule has 1 atom stereocenters. The summed E-state index contributed by atoms with van der Waals surface area (Å²) in [6.45, 7) is 2.87. The third-order valence-electron chi connectivity index (χ3n) is 5.19. The van der Waals surface area contributed by atoms with Crippen molar-refractivity contribution in [1.29, 1.82) is 0 Å². The van der Waals surface area contributed by atoms with E-state index >= 15 is 0 Å². The third kappa shape index (κ3) is 2.65. The number of hydrogen-bond donors (Lipinski definition) is 2. The molecular weight excluding hydrogens is 264 g/mol. The van der Waals surface area contributed by atoms with Crippen molar-refractivity contribution >= 4 is 11.6 Å². The molecule has 1 saturated heterocycles. The van der Waals surface area contributed by atoms with Gasteiger partial charge in [-0.15, -0.1) is 0 Å². The van der Waals surface area contributed by atoms with Crippen molar-refractivity contribution in [3.63, 3.8) is 0 Å². The number of carbonyl (C=O) groups is 1. The van der Waals surface area contributed by atoms with Gasteiger partial charge < -0.3 is 10.6 Å². The Bertz CT molecular complexity index is 504. The Hall–Kier alpha value is -1.52. The SMILES string of the molecule is CCc1[nH]nc(C(=O)N2CCCC2C2CCCCC2)c1N. The van der Waals surface area contributed by atoms with E-state index in [1.807, 2.05) is 11.8 Å². The molecule has 1 aliphatic heterocycles. The Kier molecular flexibility index (Phi) is 4.17. The Labute approximate surface area is 126 Å². The molecule has 0 bridgehead atoms. The normalized spacial score (nSPS) is 23.7. The molecule has 1 unspecified atom stereocenters. The van der Waals surface area contributed by atoms with Crippen LogP contribution in [0.1, 0.15) is 68.1 Å². The summed E-state index contributed by atoms with van der Waals surface area (Å²) in [5, 5.41) is 7.07. The summed E-state index contributed by atoms with van der Waals surface area (Å²) >= 11 is 0. The summed E-state index contributed by atoms with van der Waals surface area (Å²) < 4.78 is 0. The van der Waals surface area contributed by atoms with Crippen LogP contribution < -0.4 is 5.73 Å². The maximum Gasteiger partial charge on any atom is 0.276 e. The van der Waals surface area contributed by atoms with E-state index in [9.17, 15) is 4.79 Å². The van der Waals surface area contributed by atoms with Crippen molar-refractivity contribution in [3.8, 4) is 0 Å². The molecule has 1 aliphatic carbocycles. The molecule has 0 radical (unpaired) electrons. The van der Waals surface area contributed by atoms with Crippen molar-refractivity contribution in [2.45, 2.75) is 64.3 Å². The minimum Gasteiger partial charge on any atom is -0.395 e. The molecule has 2 heterocycles. The van der Waals surface area contributed by atoms with Gasteiger partial charge in [0.15, 0.2) is 5.69 Å². The smallest absolute Gasteiger partial charge is 0.276 e. The van der Waals surface area contributed by atoms with Gasteiger partial charge in [0, 0.05) is 12.6 Å². The molecule has 1 aromatic rings. The van der Waals surface area contributed by atoms with Gasteiger partial charge in [-0.05, 0) is 38.0 Å². The molecule has 0 aromatic carbocycles. The van der Waals surface area contributed by atoms with Crippen molar-refractivity contribution in [2.24, 2.45) is 5.92 Å². The van der Waals surface area contributed by atoms with Crippen LogP contribution in [0.5, 0.6) is 0 Å². The van der Waals surface area contributed by atoms with Gasteiger partial charge in [0.05, 0.1) is 11.4 Å². The van der Waals surface area contributed by atoms with Gasteiger partial charge in [-0.1, -0.05) is 26.2 Å². The van der Waals surface area contributed by atoms with Crippen molar-refractivity contribution in [3.05, 3.63) is 11.4 Å². The highest BCUT2D eigenvalue weighted by Gasteiger charge is 2.37. The zero-order chi connectivity index (χ0) is 14.8. The van der Waals surface area contributed by atoms with Crippen molar-refractivity contribution in [2.75, 3.05) is 12.3 Å². The van der Waals surface area contributed by atoms with Gasteiger partial charge in [-0.2, -0.15) is 5.10 Å². The molecule has 21 heavy (non-hydrogen) atoms. The van der Waals surface area contributed by atoms with Gasteiger partial charge in [0.2, 0.25) is 0 Å². The first-order chi connectivity index (χ1) is 10.2. The predicted molar refractivity (Wildman–Crippen MR) is 83.0 cm³/mol. The molecular formula is C16H26N4O. The molecule has 1 saturated carbocycles. The number of nitrogens with two attached hydrogens (primary N) is 1. The number of hydrogen-bond acceptors (Lipinski definition) is 3. The number of amides is 1. The highest BCUT2D eigenvalue weighted by Crippen LogP contribution is 2.35. The van der Waals surface area contributed by atoms with Crippen LogP contribution in [0, 0.1) is 5.92 Å². The van der Waals surface area contributed by atoms with E-state index in [1.54, 1.807) is 0 Å². The zero-order valence-corrected chi connectivity index (χ0v) is 12.9. The summed E-state index contributed by atoms with van der Waals surface area (Å²) in [7, 11) is 0. The quantitative estimate of drug-likeness (QED) is 0.898. The van der Waals surface area contributed by atoms with Crippen LogP contribution in [0.15, 0.2) is 0 Å². The van der Waals surface area contributed by atoms with Gasteiger partial charge in [0.25, 0.3) is 5.91 Å². The van der Waals surface area contributed by atoms with Crippen LogP contribution in [0.3, 0.4) is 0 Å². The Morgan fingerprint density at radius 2 is 2.05 bits per heavy atom. The number of H-pyrrole nitrogens is 1. The standard InChI is InChI=1S/C16H26N4O/c1-2-12-14(17)15(19-18-12)16(21)20-10-6-9-13(20)11-7-4-3-5-8-11/h11,13H,2-10,17H2,1H3,(H,18,19). The number of aromatic nitrogens is 2. The minimum atomic E-state index is 0.0246. The monoisotopic (exact) mass is 290 g/mol. The Balaban J connectivity index is 1.77. The van der Waals surface area contributed by atoms with E-state index in [1.165, 1.54) is 32.1 Å². The summed E-state index contributed by atoms with van der Waals surface area (Å²) in [5.41, 5.74) is 7.90. The number of carbonyl (C=O) groups excluding carboxylic acids is 1. The number of rotatable bonds is 3. The maximum atomic E-state index is 12.8. The molecule has 2 aliphatic rings. The molecule has 116 valence electrons. The van der Waals surface area contributed by atoms with Crippen molar-refractivity contribution < 1.29 is 4.79 Å². The number of anilines is 1. The van der Waals surface area contributed by atoms with Crippen LogP contribution in [-0.2, 0) is 6.42 Å². The maximum absolute atomic E-state index is 12.8. The molecule has 5 heteroatoms. The lowest BCUT2D eigenvalue weighted by atomic mass is 9.83. The van der Waals surface area contributed by atoms with E-state index in [-0.39, 0.29) is 5.91 Å². The van der Waals surface area contributed by atoms with Crippen LogP contribution in [0.2, 0.25) is 0 Å². The lowest BCUT2D eigenvalue weighted by molar-refractivity contribution is 0.0656. The average Bonchev–Trinajstić information content (AvgIpc) is 3.14. The Morgan fingerprint density at radius 3 is 2.71 bits per heavy atom. The van der Waals surface area contributed by atoms with E-state index < -0.39 is 0 Å². The van der Waals surface area contributed by atoms with Crippen LogP contribution in [0.25, 0.3) is 0 Å². The number of likely N-dealkylation sites (tertiary alicyclic amines) is 1. The van der Waals surface area contributed by atoms with Gasteiger partial charge in [0.1, 0.15) is 0 Å². The van der Waals surface area contributed by atoms with Crippen molar-refractivity contribution in [1.82, 2.24) is 15.1 Å². The number of nitrogen functional groups attached to an aromatic ring is 1. The zero-order valence-electron chi connectivity index (χ0n) is 12.9. The summed E-state index contributed by atoms with van der Waals surface area (Å²) in [6, 6.07) is 0.402. The van der Waals surface area contributed by atoms with E-state index in [0.717, 1.165) is 31.5 Å². The van der Waals surface area contributed by atoms with E-state index in [2.05, 4.69) is 10.2 Å². The third-order valence-corrected chi connectivity index (χ3v) is 5.19. The second kappa shape index (κ2) is 6.08. The first-order valence-corrected chi connectivity index (χ1v) is 8.36. The van der Waals surface area contributed by atoms with Gasteiger partial charge >= 0.3 is 0 Å². The summed E-state index contributed by atoms with van der Waals surface area (Å²) in [6.07, 6.45) is 9.54. The van der Waals surface area contributed by atoms with E-state index in [4.69, 9.17) is 5.73 Å². The number of aryl methyl sites for hydroxylation is 1. The number of nitrogens with one attached hydrogen (secondary N) is 1. The molecule has 1 amide bonds. The minimum absolute atomic E-state index is 0.0246. The second-order valence-corrected chi connectivity index (χ2v) is 6.42. The lowest BCUT2D eigenvalue weighted by Crippen LogP contribution is -2.41. The van der Waals surface area contributed by atoms with Gasteiger partial charge in [-0.25, -0.2) is 0 Å². The van der Waals surface area contributed by atoms with Crippen LogP contribution >= 0.6 is 0 Å². The molecule has 2 fully saturated rings. The molecule has 1 aromatic heterocycles. The fraction of sp³-hybridized carbons (Fsp3) is 0.750. The molecule has 3 rings (SSSR count). The van der Waals surface area contributed by atoms with Crippen LogP contribution in [-0.4, -0.2) is 33.6 Å². The largest absolute Gasteiger partial charge is 0.395 e. The summed E-state index contributed by atoms with van der Waals surface area (Å²) in [5.74, 6) is 0.701.